The molecule has 0 amide bonds. The van der Waals surface area contributed by atoms with Crippen molar-refractivity contribution in [1.82, 2.24) is 5.32 Å². The molecule has 3 N–H and O–H groups in total. The molecule has 16 heavy (non-hydrogen) atoms. The minimum Gasteiger partial charge on any atom is -0.329 e. The summed E-state index contributed by atoms with van der Waals surface area (Å²) in [6, 6.07) is 1.28. The second-order valence-corrected chi connectivity index (χ2v) is 6.17. The number of nitrogens with one attached hydrogen (secondary N) is 1. The SMILES string of the molecule is CCSCCC(CN)NC1CCCCCC1. The first-order chi connectivity index (χ1) is 7.86. The van der Waals surface area contributed by atoms with E-state index < -0.39 is 0 Å². The molecule has 0 heterocycles. The van der Waals surface area contributed by atoms with Gasteiger partial charge in [0.1, 0.15) is 0 Å². The highest BCUT2D eigenvalue weighted by Crippen LogP contribution is 2.18. The van der Waals surface area contributed by atoms with E-state index in [0.717, 1.165) is 12.6 Å². The fourth-order valence-electron chi connectivity index (χ4n) is 2.42. The molecule has 1 aliphatic rings. The van der Waals surface area contributed by atoms with Gasteiger partial charge in [-0.25, -0.2) is 0 Å². The summed E-state index contributed by atoms with van der Waals surface area (Å²) in [5, 5.41) is 3.77. The summed E-state index contributed by atoms with van der Waals surface area (Å²) >= 11 is 2.02. The van der Waals surface area contributed by atoms with Crippen molar-refractivity contribution in [2.75, 3.05) is 18.1 Å². The van der Waals surface area contributed by atoms with Gasteiger partial charge < -0.3 is 11.1 Å². The second kappa shape index (κ2) is 9.32. The summed E-state index contributed by atoms with van der Waals surface area (Å²) in [6.07, 6.45) is 9.60. The number of rotatable bonds is 7. The number of hydrogen-bond donors (Lipinski definition) is 2. The van der Waals surface area contributed by atoms with Gasteiger partial charge in [0.2, 0.25) is 0 Å². The van der Waals surface area contributed by atoms with Crippen molar-refractivity contribution in [2.45, 2.75) is 64.0 Å². The van der Waals surface area contributed by atoms with E-state index in [1.54, 1.807) is 0 Å². The minimum atomic E-state index is 0.544. The molecule has 2 nitrogen and oxygen atoms in total. The summed E-state index contributed by atoms with van der Waals surface area (Å²) in [5.41, 5.74) is 5.84. The lowest BCUT2D eigenvalue weighted by Crippen LogP contribution is -2.43. The average molecular weight is 244 g/mol. The molecule has 0 bridgehead atoms. The molecule has 0 aromatic carbocycles. The van der Waals surface area contributed by atoms with E-state index in [0.29, 0.717) is 6.04 Å². The van der Waals surface area contributed by atoms with Crippen LogP contribution in [0.25, 0.3) is 0 Å². The zero-order valence-electron chi connectivity index (χ0n) is 10.7. The van der Waals surface area contributed by atoms with Crippen molar-refractivity contribution in [3.63, 3.8) is 0 Å². The van der Waals surface area contributed by atoms with Crippen LogP contribution in [0.3, 0.4) is 0 Å². The zero-order chi connectivity index (χ0) is 11.6. The van der Waals surface area contributed by atoms with Crippen LogP contribution in [0.5, 0.6) is 0 Å². The van der Waals surface area contributed by atoms with Crippen LogP contribution >= 0.6 is 11.8 Å². The van der Waals surface area contributed by atoms with E-state index in [4.69, 9.17) is 5.73 Å². The van der Waals surface area contributed by atoms with E-state index in [9.17, 15) is 0 Å². The molecule has 1 unspecified atom stereocenters. The smallest absolute Gasteiger partial charge is 0.0200 e. The first kappa shape index (κ1) is 14.3. The van der Waals surface area contributed by atoms with Crippen LogP contribution in [0.4, 0.5) is 0 Å². The molecule has 3 heteroatoms. The maximum Gasteiger partial charge on any atom is 0.0200 e. The Hall–Kier alpha value is 0.270. The highest BCUT2D eigenvalue weighted by molar-refractivity contribution is 7.99. The summed E-state index contributed by atoms with van der Waals surface area (Å²) in [5.74, 6) is 2.47. The van der Waals surface area contributed by atoms with Crippen LogP contribution in [0.1, 0.15) is 51.9 Å². The Balaban J connectivity index is 2.19. The van der Waals surface area contributed by atoms with Gasteiger partial charge in [0, 0.05) is 18.6 Å². The van der Waals surface area contributed by atoms with Crippen molar-refractivity contribution in [3.8, 4) is 0 Å². The topological polar surface area (TPSA) is 38.0 Å². The van der Waals surface area contributed by atoms with Crippen molar-refractivity contribution >= 4 is 11.8 Å². The molecule has 0 spiro atoms. The van der Waals surface area contributed by atoms with E-state index in [-0.39, 0.29) is 0 Å². The van der Waals surface area contributed by atoms with Gasteiger partial charge in [-0.1, -0.05) is 32.6 Å². The largest absolute Gasteiger partial charge is 0.329 e. The average Bonchev–Trinajstić information content (AvgIpc) is 2.56. The summed E-state index contributed by atoms with van der Waals surface area (Å²) < 4.78 is 0. The van der Waals surface area contributed by atoms with Crippen LogP contribution in [0.15, 0.2) is 0 Å². The molecule has 0 aliphatic heterocycles. The highest BCUT2D eigenvalue weighted by Gasteiger charge is 2.15. The zero-order valence-corrected chi connectivity index (χ0v) is 11.5. The third-order valence-electron chi connectivity index (χ3n) is 3.43. The molecule has 1 atom stereocenters. The lowest BCUT2D eigenvalue weighted by atomic mass is 10.1. The number of nitrogens with two attached hydrogens (primary N) is 1. The lowest BCUT2D eigenvalue weighted by Gasteiger charge is -2.23. The third-order valence-corrected chi connectivity index (χ3v) is 4.36. The van der Waals surface area contributed by atoms with E-state index in [1.807, 2.05) is 11.8 Å². The van der Waals surface area contributed by atoms with E-state index >= 15 is 0 Å². The molecule has 1 fully saturated rings. The molecule has 0 aromatic heterocycles. The Kier molecular flexibility index (Phi) is 8.34. The maximum absolute atomic E-state index is 5.84. The van der Waals surface area contributed by atoms with Crippen LogP contribution < -0.4 is 11.1 Å². The Bertz CT molecular complexity index is 156. The quantitative estimate of drug-likeness (QED) is 0.534. The molecule has 0 aromatic rings. The second-order valence-electron chi connectivity index (χ2n) is 4.77. The van der Waals surface area contributed by atoms with Crippen LogP contribution in [-0.4, -0.2) is 30.1 Å². The molecular weight excluding hydrogens is 216 g/mol. The highest BCUT2D eigenvalue weighted by atomic mass is 32.2. The Morgan fingerprint density at radius 1 is 1.25 bits per heavy atom. The van der Waals surface area contributed by atoms with Gasteiger partial charge in [-0.05, 0) is 30.8 Å². The van der Waals surface area contributed by atoms with Crippen molar-refractivity contribution in [3.05, 3.63) is 0 Å². The third kappa shape index (κ3) is 6.12. The van der Waals surface area contributed by atoms with E-state index in [1.165, 1.54) is 56.5 Å². The Morgan fingerprint density at radius 3 is 2.50 bits per heavy atom. The number of thioether (sulfide) groups is 1. The normalized spacial score (nSPS) is 20.6. The van der Waals surface area contributed by atoms with Crippen LogP contribution in [-0.2, 0) is 0 Å². The van der Waals surface area contributed by atoms with Gasteiger partial charge in [0.15, 0.2) is 0 Å². The fourth-order valence-corrected chi connectivity index (χ4v) is 3.16. The fraction of sp³-hybridized carbons (Fsp3) is 1.00. The molecule has 0 saturated heterocycles. The van der Waals surface area contributed by atoms with Gasteiger partial charge in [-0.15, -0.1) is 0 Å². The van der Waals surface area contributed by atoms with Gasteiger partial charge in [-0.3, -0.25) is 0 Å². The van der Waals surface area contributed by atoms with Crippen molar-refractivity contribution < 1.29 is 0 Å². The molecule has 96 valence electrons. The summed E-state index contributed by atoms with van der Waals surface area (Å²) in [4.78, 5) is 0. The monoisotopic (exact) mass is 244 g/mol. The summed E-state index contributed by atoms with van der Waals surface area (Å²) in [6.45, 7) is 3.02. The Labute approximate surface area is 105 Å². The maximum atomic E-state index is 5.84. The lowest BCUT2D eigenvalue weighted by molar-refractivity contribution is 0.390. The van der Waals surface area contributed by atoms with Gasteiger partial charge in [0.05, 0.1) is 0 Å². The van der Waals surface area contributed by atoms with Gasteiger partial charge in [0.25, 0.3) is 0 Å². The van der Waals surface area contributed by atoms with Crippen LogP contribution in [0.2, 0.25) is 0 Å². The van der Waals surface area contributed by atoms with Gasteiger partial charge in [-0.2, -0.15) is 11.8 Å². The summed E-state index contributed by atoms with van der Waals surface area (Å²) in [7, 11) is 0. The molecule has 0 radical (unpaired) electrons. The van der Waals surface area contributed by atoms with E-state index in [2.05, 4.69) is 12.2 Å². The molecular formula is C13H28N2S. The predicted octanol–water partition coefficient (Wildman–Crippen LogP) is 2.77. The first-order valence-electron chi connectivity index (χ1n) is 6.90. The van der Waals surface area contributed by atoms with Crippen molar-refractivity contribution in [1.29, 1.82) is 0 Å². The number of hydrogen-bond acceptors (Lipinski definition) is 3. The molecule has 1 rings (SSSR count). The first-order valence-corrected chi connectivity index (χ1v) is 8.06. The van der Waals surface area contributed by atoms with Gasteiger partial charge >= 0.3 is 0 Å². The van der Waals surface area contributed by atoms with Crippen molar-refractivity contribution in [2.24, 2.45) is 5.73 Å². The Morgan fingerprint density at radius 2 is 1.94 bits per heavy atom. The predicted molar refractivity (Wildman–Crippen MR) is 75.1 cm³/mol. The minimum absolute atomic E-state index is 0.544. The standard InChI is InChI=1S/C13H28N2S/c1-2-16-10-9-13(11-14)15-12-7-5-3-4-6-8-12/h12-13,15H,2-11,14H2,1H3. The van der Waals surface area contributed by atoms with Crippen LogP contribution in [0, 0.1) is 0 Å². The molecule has 1 saturated carbocycles. The molecule has 1 aliphatic carbocycles.